The zero-order valence-corrected chi connectivity index (χ0v) is 20.6. The molecule has 9 nitrogen and oxygen atoms in total. The molecule has 0 aliphatic heterocycles. The fourth-order valence-corrected chi connectivity index (χ4v) is 4.75. The van der Waals surface area contributed by atoms with Crippen LogP contribution in [0.15, 0.2) is 53.8 Å². The summed E-state index contributed by atoms with van der Waals surface area (Å²) in [6, 6.07) is 5.20. The van der Waals surface area contributed by atoms with Gasteiger partial charge in [0.05, 0.1) is 35.8 Å². The summed E-state index contributed by atoms with van der Waals surface area (Å²) in [5, 5.41) is 9.74. The number of pyridine rings is 3. The Balaban J connectivity index is 1.92. The number of aromatic nitrogens is 4. The number of rotatable bonds is 6. The number of hydrogen-bond donors (Lipinski definition) is 1. The van der Waals surface area contributed by atoms with E-state index in [4.69, 9.17) is 4.74 Å². The van der Waals surface area contributed by atoms with Gasteiger partial charge in [0.1, 0.15) is 34.2 Å². The van der Waals surface area contributed by atoms with Crippen LogP contribution in [0.1, 0.15) is 18.1 Å². The van der Waals surface area contributed by atoms with Crippen LogP contribution >= 0.6 is 0 Å². The topological polar surface area (TPSA) is 123 Å². The number of methoxy groups -OCH3 is 1. The Morgan fingerprint density at radius 2 is 1.74 bits per heavy atom. The van der Waals surface area contributed by atoms with Gasteiger partial charge in [-0.25, -0.2) is 18.4 Å². The highest BCUT2D eigenvalue weighted by atomic mass is 32.2. The predicted molar refractivity (Wildman–Crippen MR) is 124 cm³/mol. The summed E-state index contributed by atoms with van der Waals surface area (Å²) in [6.07, 6.45) is -6.93. The summed E-state index contributed by atoms with van der Waals surface area (Å²) < 4.78 is 111. The Morgan fingerprint density at radius 1 is 1.03 bits per heavy atom. The van der Waals surface area contributed by atoms with Crippen molar-refractivity contribution in [2.24, 2.45) is 0 Å². The summed E-state index contributed by atoms with van der Waals surface area (Å²) in [4.78, 5) is 11.5. The Bertz CT molecular complexity index is 1680. The Kier molecular flexibility index (Phi) is 7.00. The highest BCUT2D eigenvalue weighted by Crippen LogP contribution is 2.37. The van der Waals surface area contributed by atoms with Gasteiger partial charge >= 0.3 is 12.4 Å². The monoisotopic (exact) mass is 570 g/mol. The van der Waals surface area contributed by atoms with Crippen LogP contribution < -0.4 is 9.46 Å². The van der Waals surface area contributed by atoms with Crippen molar-refractivity contribution in [3.05, 3.63) is 60.0 Å². The van der Waals surface area contributed by atoms with Gasteiger partial charge in [0.25, 0.3) is 0 Å². The van der Waals surface area contributed by atoms with Crippen LogP contribution in [0, 0.1) is 11.3 Å². The van der Waals surface area contributed by atoms with Crippen LogP contribution in [0.25, 0.3) is 28.2 Å². The quantitative estimate of drug-likeness (QED) is 0.336. The molecule has 0 saturated heterocycles. The minimum atomic E-state index is -4.84. The van der Waals surface area contributed by atoms with Crippen LogP contribution in [0.2, 0.25) is 0 Å². The first-order valence-corrected chi connectivity index (χ1v) is 12.2. The van der Waals surface area contributed by atoms with E-state index in [0.29, 0.717) is 18.9 Å². The number of nitrogens with one attached hydrogen (secondary N) is 1. The van der Waals surface area contributed by atoms with E-state index in [0.717, 1.165) is 24.4 Å². The Labute approximate surface area is 216 Å². The van der Waals surface area contributed by atoms with Gasteiger partial charge in [-0.05, 0) is 37.3 Å². The summed E-state index contributed by atoms with van der Waals surface area (Å²) in [5.41, 5.74) is -1.62. The summed E-state index contributed by atoms with van der Waals surface area (Å²) in [6.45, 7) is 0.626. The van der Waals surface area contributed by atoms with Gasteiger partial charge in [-0.1, -0.05) is 0 Å². The van der Waals surface area contributed by atoms with Gasteiger partial charge in [-0.3, -0.25) is 9.55 Å². The lowest BCUT2D eigenvalue weighted by atomic mass is 10.1. The second-order valence-corrected chi connectivity index (χ2v) is 9.80. The molecule has 0 spiro atoms. The average Bonchev–Trinajstić information content (AvgIpc) is 3.21. The molecule has 4 aromatic heterocycles. The largest absolute Gasteiger partial charge is 0.495 e. The lowest BCUT2D eigenvalue weighted by molar-refractivity contribution is -0.147. The maximum absolute atomic E-state index is 13.4. The van der Waals surface area contributed by atoms with Crippen LogP contribution in [-0.4, -0.2) is 47.3 Å². The standard InChI is InChI=1S/C23H16F6N6O3S/c1-12(22(24,25)26)34-39(36,37)15-4-5-18(31-11-15)20-17(8-30)16-7-13(23(27,28)29)9-33-21(16)35(20)19-6-3-14(38-2)10-32-19/h3-7,9-12,34H,1-2H3. The van der Waals surface area contributed by atoms with Crippen molar-refractivity contribution < 1.29 is 39.5 Å². The van der Waals surface area contributed by atoms with Crippen LogP contribution in [0.3, 0.4) is 0 Å². The maximum atomic E-state index is 13.4. The molecule has 4 aromatic rings. The third-order valence-electron chi connectivity index (χ3n) is 5.55. The number of nitriles is 1. The molecule has 1 atom stereocenters. The van der Waals surface area contributed by atoms with Crippen molar-refractivity contribution >= 4 is 21.1 Å². The smallest absolute Gasteiger partial charge is 0.417 e. The van der Waals surface area contributed by atoms with E-state index in [1.165, 1.54) is 34.7 Å². The van der Waals surface area contributed by atoms with Crippen molar-refractivity contribution in [3.63, 3.8) is 0 Å². The van der Waals surface area contributed by atoms with Gasteiger partial charge in [0.15, 0.2) is 0 Å². The number of halogens is 6. The van der Waals surface area contributed by atoms with Gasteiger partial charge in [-0.2, -0.15) is 36.3 Å². The van der Waals surface area contributed by atoms with Gasteiger partial charge < -0.3 is 4.74 Å². The van der Waals surface area contributed by atoms with E-state index in [9.17, 15) is 40.0 Å². The van der Waals surface area contributed by atoms with E-state index in [1.54, 1.807) is 0 Å². The van der Waals surface area contributed by atoms with Crippen molar-refractivity contribution in [1.82, 2.24) is 24.2 Å². The number of fused-ring (bicyclic) bond motifs is 1. The minimum Gasteiger partial charge on any atom is -0.495 e. The fraction of sp³-hybridized carbons (Fsp3) is 0.217. The average molecular weight is 570 g/mol. The second-order valence-electron chi connectivity index (χ2n) is 8.08. The number of sulfonamides is 1. The zero-order chi connectivity index (χ0) is 28.8. The molecule has 1 unspecified atom stereocenters. The van der Waals surface area contributed by atoms with Gasteiger partial charge in [0, 0.05) is 17.8 Å². The summed E-state index contributed by atoms with van der Waals surface area (Å²) >= 11 is 0. The van der Waals surface area contributed by atoms with Crippen LogP contribution in [0.5, 0.6) is 5.75 Å². The van der Waals surface area contributed by atoms with E-state index in [2.05, 4.69) is 15.0 Å². The molecule has 0 radical (unpaired) electrons. The van der Waals surface area contributed by atoms with Crippen molar-refractivity contribution in [3.8, 4) is 29.0 Å². The Hall–Kier alpha value is -4.23. The second kappa shape index (κ2) is 9.82. The molecule has 39 heavy (non-hydrogen) atoms. The fourth-order valence-electron chi connectivity index (χ4n) is 3.57. The first-order valence-electron chi connectivity index (χ1n) is 10.7. The first-order chi connectivity index (χ1) is 18.2. The van der Waals surface area contributed by atoms with Crippen molar-refractivity contribution in [2.75, 3.05) is 7.11 Å². The maximum Gasteiger partial charge on any atom is 0.417 e. The van der Waals surface area contributed by atoms with E-state index in [-0.39, 0.29) is 33.8 Å². The molecule has 0 saturated carbocycles. The number of hydrogen-bond acceptors (Lipinski definition) is 7. The molecule has 0 amide bonds. The molecule has 0 aliphatic carbocycles. The molecule has 0 bridgehead atoms. The molecule has 1 N–H and O–H groups in total. The highest BCUT2D eigenvalue weighted by molar-refractivity contribution is 7.89. The van der Waals surface area contributed by atoms with Crippen LogP contribution in [0.4, 0.5) is 26.3 Å². The molecule has 204 valence electrons. The molecule has 4 rings (SSSR count). The molecule has 0 fully saturated rings. The first kappa shape index (κ1) is 27.8. The molecule has 16 heteroatoms. The SMILES string of the molecule is COc1ccc(-n2c(-c3ccc(S(=O)(=O)NC(C)C(F)(F)F)cn3)c(C#N)c3cc(C(F)(F)F)cnc32)nc1. The molecule has 4 heterocycles. The third-order valence-corrected chi connectivity index (χ3v) is 7.07. The van der Waals surface area contributed by atoms with E-state index in [1.807, 2.05) is 6.07 Å². The molecule has 0 aliphatic rings. The lowest BCUT2D eigenvalue weighted by Crippen LogP contribution is -2.42. The Morgan fingerprint density at radius 3 is 2.26 bits per heavy atom. The molecule has 0 aromatic carbocycles. The minimum absolute atomic E-state index is 0.0717. The molecular weight excluding hydrogens is 554 g/mol. The highest BCUT2D eigenvalue weighted by Gasteiger charge is 2.39. The lowest BCUT2D eigenvalue weighted by Gasteiger charge is -2.17. The molecular formula is C23H16F6N6O3S. The van der Waals surface area contributed by atoms with Crippen LogP contribution in [-0.2, 0) is 16.2 Å². The predicted octanol–water partition coefficient (Wildman–Crippen LogP) is 4.61. The van der Waals surface area contributed by atoms with Crippen molar-refractivity contribution in [2.45, 2.75) is 30.2 Å². The third kappa shape index (κ3) is 5.36. The zero-order valence-electron chi connectivity index (χ0n) is 19.8. The van der Waals surface area contributed by atoms with Gasteiger partial charge in [0.2, 0.25) is 10.0 Å². The number of nitrogens with zero attached hydrogens (tertiary/aromatic N) is 5. The summed E-state index contributed by atoms with van der Waals surface area (Å²) in [5.74, 6) is 0.474. The van der Waals surface area contributed by atoms with E-state index < -0.39 is 38.9 Å². The number of alkyl halides is 6. The van der Waals surface area contributed by atoms with Gasteiger partial charge in [-0.15, -0.1) is 0 Å². The van der Waals surface area contributed by atoms with Crippen molar-refractivity contribution in [1.29, 1.82) is 5.26 Å². The number of ether oxygens (including phenoxy) is 1. The summed E-state index contributed by atoms with van der Waals surface area (Å²) in [7, 11) is -3.25. The van der Waals surface area contributed by atoms with E-state index >= 15 is 0 Å². The normalized spacial score (nSPS) is 13.3.